The molecular weight excluding hydrogens is 318 g/mol. The smallest absolute Gasteiger partial charge is 0.238 e. The van der Waals surface area contributed by atoms with Crippen molar-refractivity contribution in [3.05, 3.63) is 24.3 Å². The molecule has 1 aromatic carbocycles. The molecular formula is C19H31N3O3. The third-order valence-corrected chi connectivity index (χ3v) is 4.15. The average Bonchev–Trinajstić information content (AvgIpc) is 2.55. The van der Waals surface area contributed by atoms with Crippen molar-refractivity contribution < 1.29 is 14.3 Å². The molecule has 1 heterocycles. The fourth-order valence-electron chi connectivity index (χ4n) is 3.11. The average molecular weight is 349 g/mol. The van der Waals surface area contributed by atoms with Crippen LogP contribution in [0.5, 0.6) is 5.75 Å². The number of morpholine rings is 1. The van der Waals surface area contributed by atoms with Crippen molar-refractivity contribution >= 4 is 11.6 Å². The molecule has 0 unspecified atom stereocenters. The molecule has 1 amide bonds. The van der Waals surface area contributed by atoms with E-state index in [0.717, 1.165) is 44.2 Å². The summed E-state index contributed by atoms with van der Waals surface area (Å²) in [7, 11) is 3.58. The Morgan fingerprint density at radius 3 is 2.76 bits per heavy atom. The summed E-state index contributed by atoms with van der Waals surface area (Å²) in [5.74, 6) is 1.41. The van der Waals surface area contributed by atoms with Gasteiger partial charge >= 0.3 is 0 Å². The predicted molar refractivity (Wildman–Crippen MR) is 100 cm³/mol. The molecule has 6 heteroatoms. The van der Waals surface area contributed by atoms with Crippen LogP contribution in [0, 0.1) is 5.92 Å². The van der Waals surface area contributed by atoms with Crippen LogP contribution in [0.4, 0.5) is 5.69 Å². The van der Waals surface area contributed by atoms with Crippen LogP contribution < -0.4 is 10.1 Å². The number of hydrogen-bond acceptors (Lipinski definition) is 5. The molecule has 0 aliphatic carbocycles. The fourth-order valence-corrected chi connectivity index (χ4v) is 3.11. The minimum atomic E-state index is -0.0255. The lowest BCUT2D eigenvalue weighted by Gasteiger charge is -2.35. The second-order valence-corrected chi connectivity index (χ2v) is 7.12. The number of ether oxygens (including phenoxy) is 2. The Kier molecular flexibility index (Phi) is 7.68. The maximum Gasteiger partial charge on any atom is 0.238 e. The summed E-state index contributed by atoms with van der Waals surface area (Å²) >= 11 is 0. The van der Waals surface area contributed by atoms with Crippen molar-refractivity contribution in [3.63, 3.8) is 0 Å². The molecule has 1 saturated heterocycles. The molecule has 1 N–H and O–H groups in total. The lowest BCUT2D eigenvalue weighted by molar-refractivity contribution is -0.117. The third-order valence-electron chi connectivity index (χ3n) is 4.15. The summed E-state index contributed by atoms with van der Waals surface area (Å²) in [6, 6.07) is 7.34. The first-order chi connectivity index (χ1) is 12.0. The summed E-state index contributed by atoms with van der Waals surface area (Å²) in [5, 5.41) is 2.91. The standard InChI is InChI=1S/C19H31N3O3/c1-15(2)11-22-9-10-25-18(13-22)12-21(3)14-19(23)20-16-5-7-17(24-4)8-6-16/h5-8,15,18H,9-14H2,1-4H3,(H,20,23)/t18-/m0/s1. The first-order valence-electron chi connectivity index (χ1n) is 8.92. The van der Waals surface area contributed by atoms with Gasteiger partial charge in [-0.2, -0.15) is 0 Å². The van der Waals surface area contributed by atoms with Crippen LogP contribution in [0.25, 0.3) is 0 Å². The summed E-state index contributed by atoms with van der Waals surface area (Å²) in [5.41, 5.74) is 0.774. The number of likely N-dealkylation sites (N-methyl/N-ethyl adjacent to an activating group) is 1. The molecule has 25 heavy (non-hydrogen) atoms. The van der Waals surface area contributed by atoms with Crippen molar-refractivity contribution in [2.45, 2.75) is 20.0 Å². The van der Waals surface area contributed by atoms with Crippen LogP contribution in [-0.4, -0.2) is 75.3 Å². The van der Waals surface area contributed by atoms with Gasteiger partial charge in [-0.15, -0.1) is 0 Å². The van der Waals surface area contributed by atoms with Gasteiger partial charge in [0.15, 0.2) is 0 Å². The monoisotopic (exact) mass is 349 g/mol. The highest BCUT2D eigenvalue weighted by Gasteiger charge is 2.22. The Bertz CT molecular complexity index is 533. The van der Waals surface area contributed by atoms with Crippen LogP contribution in [0.1, 0.15) is 13.8 Å². The highest BCUT2D eigenvalue weighted by Crippen LogP contribution is 2.15. The molecule has 1 fully saturated rings. The Hall–Kier alpha value is -1.63. The van der Waals surface area contributed by atoms with Gasteiger partial charge < -0.3 is 14.8 Å². The lowest BCUT2D eigenvalue weighted by atomic mass is 10.1. The number of anilines is 1. The van der Waals surface area contributed by atoms with Crippen LogP contribution in [0.15, 0.2) is 24.3 Å². The number of methoxy groups -OCH3 is 1. The first-order valence-corrected chi connectivity index (χ1v) is 8.92. The van der Waals surface area contributed by atoms with Crippen LogP contribution in [0.2, 0.25) is 0 Å². The van der Waals surface area contributed by atoms with E-state index in [4.69, 9.17) is 9.47 Å². The second-order valence-electron chi connectivity index (χ2n) is 7.12. The van der Waals surface area contributed by atoms with Gasteiger partial charge in [0, 0.05) is 31.9 Å². The summed E-state index contributed by atoms with van der Waals surface area (Å²) in [4.78, 5) is 16.7. The van der Waals surface area contributed by atoms with Gasteiger partial charge in [0.1, 0.15) is 5.75 Å². The zero-order chi connectivity index (χ0) is 18.2. The SMILES string of the molecule is COc1ccc(NC(=O)CN(C)C[C@H]2CN(CC(C)C)CCO2)cc1. The zero-order valence-corrected chi connectivity index (χ0v) is 15.8. The van der Waals surface area contributed by atoms with Gasteiger partial charge in [-0.25, -0.2) is 0 Å². The van der Waals surface area contributed by atoms with Gasteiger partial charge in [-0.05, 0) is 37.2 Å². The molecule has 1 aliphatic rings. The number of amides is 1. The van der Waals surface area contributed by atoms with Gasteiger partial charge in [0.05, 0.1) is 26.4 Å². The van der Waals surface area contributed by atoms with Gasteiger partial charge in [0.2, 0.25) is 5.91 Å². The maximum atomic E-state index is 12.2. The van der Waals surface area contributed by atoms with E-state index in [9.17, 15) is 4.79 Å². The second kappa shape index (κ2) is 9.75. The van der Waals surface area contributed by atoms with E-state index in [1.165, 1.54) is 0 Å². The first kappa shape index (κ1) is 19.7. The highest BCUT2D eigenvalue weighted by atomic mass is 16.5. The normalized spacial score (nSPS) is 18.6. The van der Waals surface area contributed by atoms with E-state index in [2.05, 4.69) is 24.1 Å². The van der Waals surface area contributed by atoms with E-state index < -0.39 is 0 Å². The summed E-state index contributed by atoms with van der Waals surface area (Å²) in [6.07, 6.45) is 0.159. The number of nitrogens with zero attached hydrogens (tertiary/aromatic N) is 2. The number of hydrogen-bond donors (Lipinski definition) is 1. The number of nitrogens with one attached hydrogen (secondary N) is 1. The topological polar surface area (TPSA) is 54.0 Å². The largest absolute Gasteiger partial charge is 0.497 e. The van der Waals surface area contributed by atoms with Crippen molar-refractivity contribution in [2.24, 2.45) is 5.92 Å². The molecule has 0 saturated carbocycles. The molecule has 0 radical (unpaired) electrons. The molecule has 0 aromatic heterocycles. The molecule has 140 valence electrons. The molecule has 2 rings (SSSR count). The van der Waals surface area contributed by atoms with Crippen molar-refractivity contribution in [1.29, 1.82) is 0 Å². The van der Waals surface area contributed by atoms with Crippen LogP contribution in [0.3, 0.4) is 0 Å². The van der Waals surface area contributed by atoms with Crippen LogP contribution >= 0.6 is 0 Å². The fraction of sp³-hybridized carbons (Fsp3) is 0.632. The maximum absolute atomic E-state index is 12.2. The minimum absolute atomic E-state index is 0.0255. The molecule has 1 aliphatic heterocycles. The molecule has 6 nitrogen and oxygen atoms in total. The van der Waals surface area contributed by atoms with Gasteiger partial charge in [0.25, 0.3) is 0 Å². The molecule has 1 atom stereocenters. The van der Waals surface area contributed by atoms with Crippen molar-refractivity contribution in [3.8, 4) is 5.75 Å². The Balaban J connectivity index is 1.74. The molecule has 0 bridgehead atoms. The summed E-state index contributed by atoms with van der Waals surface area (Å²) in [6.45, 7) is 9.37. The van der Waals surface area contributed by atoms with Crippen LogP contribution in [-0.2, 0) is 9.53 Å². The third kappa shape index (κ3) is 7.02. The quantitative estimate of drug-likeness (QED) is 0.777. The Labute approximate surface area is 151 Å². The van der Waals surface area contributed by atoms with E-state index in [1.807, 2.05) is 36.2 Å². The van der Waals surface area contributed by atoms with E-state index >= 15 is 0 Å². The number of benzene rings is 1. The van der Waals surface area contributed by atoms with Crippen molar-refractivity contribution in [1.82, 2.24) is 9.80 Å². The minimum Gasteiger partial charge on any atom is -0.497 e. The zero-order valence-electron chi connectivity index (χ0n) is 15.8. The number of rotatable bonds is 8. The van der Waals surface area contributed by atoms with E-state index in [0.29, 0.717) is 12.5 Å². The molecule has 1 aromatic rings. The number of carbonyl (C=O) groups excluding carboxylic acids is 1. The van der Waals surface area contributed by atoms with Gasteiger partial charge in [-0.1, -0.05) is 13.8 Å². The Morgan fingerprint density at radius 2 is 2.12 bits per heavy atom. The van der Waals surface area contributed by atoms with E-state index in [-0.39, 0.29) is 12.0 Å². The summed E-state index contributed by atoms with van der Waals surface area (Å²) < 4.78 is 11.0. The Morgan fingerprint density at radius 1 is 1.40 bits per heavy atom. The van der Waals surface area contributed by atoms with Gasteiger partial charge in [-0.3, -0.25) is 14.6 Å². The van der Waals surface area contributed by atoms with E-state index in [1.54, 1.807) is 7.11 Å². The highest BCUT2D eigenvalue weighted by molar-refractivity contribution is 5.92. The number of carbonyl (C=O) groups is 1. The van der Waals surface area contributed by atoms with Crippen molar-refractivity contribution in [2.75, 3.05) is 58.8 Å². The predicted octanol–water partition coefficient (Wildman–Crippen LogP) is 1.92. The lowest BCUT2D eigenvalue weighted by Crippen LogP contribution is -2.48. The molecule has 0 spiro atoms.